The number of hydrogen-bond donors (Lipinski definition) is 1. The van der Waals surface area contributed by atoms with E-state index in [1.807, 2.05) is 6.07 Å². The summed E-state index contributed by atoms with van der Waals surface area (Å²) in [6, 6.07) is 2.26. The van der Waals surface area contributed by atoms with Gasteiger partial charge >= 0.3 is 0 Å². The van der Waals surface area contributed by atoms with Gasteiger partial charge in [0.05, 0.1) is 10.4 Å². The molecule has 2 rings (SSSR count). The van der Waals surface area contributed by atoms with E-state index in [-0.39, 0.29) is 6.04 Å². The molecule has 1 unspecified atom stereocenters. The molecule has 1 aromatic rings. The molecule has 1 atom stereocenters. The van der Waals surface area contributed by atoms with Crippen LogP contribution in [-0.2, 0) is 11.3 Å². The van der Waals surface area contributed by atoms with Gasteiger partial charge in [-0.1, -0.05) is 17.5 Å². The minimum Gasteiger partial charge on any atom is -0.288 e. The Morgan fingerprint density at radius 1 is 1.79 bits per heavy atom. The van der Waals surface area contributed by atoms with E-state index in [4.69, 9.17) is 22.9 Å². The standard InChI is InChI=1S/C10H10ClNOS/c1-2-5-13-12-8-3-4-9-7(8)6-10(11)14-9/h1,6,8,12H,3-5H2. The molecule has 0 aromatic carbocycles. The Morgan fingerprint density at radius 3 is 3.43 bits per heavy atom. The van der Waals surface area contributed by atoms with Crippen molar-refractivity contribution >= 4 is 22.9 Å². The Hall–Kier alpha value is -0.530. The first-order valence-corrected chi connectivity index (χ1v) is 5.59. The van der Waals surface area contributed by atoms with Crippen LogP contribution in [-0.4, -0.2) is 6.61 Å². The number of thiophene rings is 1. The fourth-order valence-corrected chi connectivity index (χ4v) is 2.99. The average Bonchev–Trinajstić information content (AvgIpc) is 2.66. The minimum atomic E-state index is 0.252. The van der Waals surface area contributed by atoms with Crippen molar-refractivity contribution in [2.75, 3.05) is 6.61 Å². The Bertz CT molecular complexity index is 369. The van der Waals surface area contributed by atoms with E-state index < -0.39 is 0 Å². The van der Waals surface area contributed by atoms with Crippen LogP contribution < -0.4 is 5.48 Å². The summed E-state index contributed by atoms with van der Waals surface area (Å²) < 4.78 is 0.846. The smallest absolute Gasteiger partial charge is 0.128 e. The summed E-state index contributed by atoms with van der Waals surface area (Å²) in [7, 11) is 0. The normalized spacial score (nSPS) is 19.3. The van der Waals surface area contributed by atoms with E-state index in [9.17, 15) is 0 Å². The lowest BCUT2D eigenvalue weighted by Crippen LogP contribution is -2.19. The predicted molar refractivity (Wildman–Crippen MR) is 58.3 cm³/mol. The Balaban J connectivity index is 2.00. The van der Waals surface area contributed by atoms with Crippen molar-refractivity contribution in [2.45, 2.75) is 18.9 Å². The summed E-state index contributed by atoms with van der Waals surface area (Å²) in [4.78, 5) is 6.47. The van der Waals surface area contributed by atoms with Crippen LogP contribution in [0.4, 0.5) is 0 Å². The molecule has 0 spiro atoms. The lowest BCUT2D eigenvalue weighted by molar-refractivity contribution is 0.0382. The molecule has 0 saturated carbocycles. The van der Waals surface area contributed by atoms with E-state index in [0.29, 0.717) is 6.61 Å². The van der Waals surface area contributed by atoms with Crippen LogP contribution in [0.5, 0.6) is 0 Å². The van der Waals surface area contributed by atoms with Gasteiger partial charge in [-0.25, -0.2) is 0 Å². The molecule has 74 valence electrons. The number of hydroxylamine groups is 1. The van der Waals surface area contributed by atoms with Crippen LogP contribution in [0.25, 0.3) is 0 Å². The summed E-state index contributed by atoms with van der Waals surface area (Å²) in [6.45, 7) is 0.295. The summed E-state index contributed by atoms with van der Waals surface area (Å²) in [5.41, 5.74) is 4.22. The van der Waals surface area contributed by atoms with Gasteiger partial charge in [-0.15, -0.1) is 17.8 Å². The van der Waals surface area contributed by atoms with Crippen molar-refractivity contribution in [2.24, 2.45) is 0 Å². The molecule has 1 aliphatic carbocycles. The Kier molecular flexibility index (Phi) is 3.09. The highest BCUT2D eigenvalue weighted by Crippen LogP contribution is 2.39. The molecular weight excluding hydrogens is 218 g/mol. The molecule has 4 heteroatoms. The lowest BCUT2D eigenvalue weighted by Gasteiger charge is -2.10. The number of hydrogen-bond acceptors (Lipinski definition) is 3. The average molecular weight is 228 g/mol. The third-order valence-corrected chi connectivity index (χ3v) is 3.57. The summed E-state index contributed by atoms with van der Waals surface area (Å²) in [5.74, 6) is 2.41. The monoisotopic (exact) mass is 227 g/mol. The molecule has 1 aliphatic rings. The van der Waals surface area contributed by atoms with Gasteiger partial charge in [0.2, 0.25) is 0 Å². The second-order valence-electron chi connectivity index (χ2n) is 3.13. The van der Waals surface area contributed by atoms with Gasteiger partial charge in [-0.3, -0.25) is 4.84 Å². The van der Waals surface area contributed by atoms with Crippen molar-refractivity contribution in [3.63, 3.8) is 0 Å². The van der Waals surface area contributed by atoms with Crippen LogP contribution in [0.1, 0.15) is 22.9 Å². The molecular formula is C10H10ClNOS. The number of halogens is 1. The molecule has 14 heavy (non-hydrogen) atoms. The number of aryl methyl sites for hydroxylation is 1. The molecule has 0 aliphatic heterocycles. The lowest BCUT2D eigenvalue weighted by atomic mass is 10.2. The fraction of sp³-hybridized carbons (Fsp3) is 0.400. The van der Waals surface area contributed by atoms with Gasteiger partial charge in [-0.05, 0) is 24.5 Å². The second-order valence-corrected chi connectivity index (χ2v) is 4.90. The third-order valence-electron chi connectivity index (χ3n) is 2.23. The fourth-order valence-electron chi connectivity index (χ4n) is 1.64. The van der Waals surface area contributed by atoms with Gasteiger partial charge < -0.3 is 0 Å². The van der Waals surface area contributed by atoms with Crippen molar-refractivity contribution in [3.05, 3.63) is 20.8 Å². The third kappa shape index (κ3) is 1.94. The summed E-state index contributed by atoms with van der Waals surface area (Å²) in [5, 5.41) is 0. The zero-order valence-electron chi connectivity index (χ0n) is 7.55. The van der Waals surface area contributed by atoms with Crippen LogP contribution >= 0.6 is 22.9 Å². The SMILES string of the molecule is C#CCONC1CCc2sc(Cl)cc21. The van der Waals surface area contributed by atoms with Gasteiger partial charge in [0, 0.05) is 4.88 Å². The first kappa shape index (κ1) is 10.0. The second kappa shape index (κ2) is 4.33. The molecule has 1 aromatic heterocycles. The maximum Gasteiger partial charge on any atom is 0.128 e. The summed E-state index contributed by atoms with van der Waals surface area (Å²) in [6.07, 6.45) is 7.21. The molecule has 1 N–H and O–H groups in total. The van der Waals surface area contributed by atoms with Crippen LogP contribution in [0.2, 0.25) is 4.34 Å². The molecule has 0 fully saturated rings. The van der Waals surface area contributed by atoms with Gasteiger partial charge in [0.1, 0.15) is 6.61 Å². The molecule has 0 radical (unpaired) electrons. The van der Waals surface area contributed by atoms with Crippen LogP contribution in [0.15, 0.2) is 6.07 Å². The number of terminal acetylenes is 1. The van der Waals surface area contributed by atoms with Gasteiger partial charge in [0.25, 0.3) is 0 Å². The molecule has 0 amide bonds. The molecule has 0 saturated heterocycles. The Labute approximate surface area is 92.2 Å². The van der Waals surface area contributed by atoms with E-state index in [0.717, 1.165) is 17.2 Å². The van der Waals surface area contributed by atoms with Gasteiger partial charge in [0.15, 0.2) is 0 Å². The maximum atomic E-state index is 5.92. The molecule has 1 heterocycles. The minimum absolute atomic E-state index is 0.252. The van der Waals surface area contributed by atoms with Crippen LogP contribution in [0.3, 0.4) is 0 Å². The zero-order valence-corrected chi connectivity index (χ0v) is 9.12. The van der Waals surface area contributed by atoms with Crippen LogP contribution in [0, 0.1) is 12.3 Å². The zero-order chi connectivity index (χ0) is 9.97. The number of rotatable bonds is 3. The first-order valence-electron chi connectivity index (χ1n) is 4.40. The highest BCUT2D eigenvalue weighted by molar-refractivity contribution is 7.16. The number of nitrogens with one attached hydrogen (secondary N) is 1. The van der Waals surface area contributed by atoms with E-state index in [1.54, 1.807) is 11.3 Å². The van der Waals surface area contributed by atoms with Crippen molar-refractivity contribution in [1.82, 2.24) is 5.48 Å². The van der Waals surface area contributed by atoms with E-state index >= 15 is 0 Å². The first-order chi connectivity index (χ1) is 6.81. The summed E-state index contributed by atoms with van der Waals surface area (Å²) >= 11 is 7.57. The highest BCUT2D eigenvalue weighted by atomic mass is 35.5. The highest BCUT2D eigenvalue weighted by Gasteiger charge is 2.24. The predicted octanol–water partition coefficient (Wildman–Crippen LogP) is 2.54. The van der Waals surface area contributed by atoms with E-state index in [1.165, 1.54) is 10.4 Å². The van der Waals surface area contributed by atoms with E-state index in [2.05, 4.69) is 11.4 Å². The largest absolute Gasteiger partial charge is 0.288 e. The number of fused-ring (bicyclic) bond motifs is 1. The molecule has 0 bridgehead atoms. The van der Waals surface area contributed by atoms with Crippen molar-refractivity contribution < 1.29 is 4.84 Å². The maximum absolute atomic E-state index is 5.92. The van der Waals surface area contributed by atoms with Crippen molar-refractivity contribution in [3.8, 4) is 12.3 Å². The van der Waals surface area contributed by atoms with Crippen molar-refractivity contribution in [1.29, 1.82) is 0 Å². The van der Waals surface area contributed by atoms with Gasteiger partial charge in [-0.2, -0.15) is 5.48 Å². The topological polar surface area (TPSA) is 21.3 Å². The molecule has 2 nitrogen and oxygen atoms in total. The Morgan fingerprint density at radius 2 is 2.64 bits per heavy atom. The quantitative estimate of drug-likeness (QED) is 0.487.